The number of benzene rings is 1. The maximum absolute atomic E-state index is 11.8. The molecule has 0 saturated heterocycles. The summed E-state index contributed by atoms with van der Waals surface area (Å²) in [6.07, 6.45) is 0.795. The van der Waals surface area contributed by atoms with Gasteiger partial charge in [0.1, 0.15) is 0 Å². The van der Waals surface area contributed by atoms with Crippen LogP contribution in [0.5, 0.6) is 0 Å². The van der Waals surface area contributed by atoms with Gasteiger partial charge in [0.2, 0.25) is 5.91 Å². The molecule has 104 valence electrons. The predicted octanol–water partition coefficient (Wildman–Crippen LogP) is 1.57. The summed E-state index contributed by atoms with van der Waals surface area (Å²) >= 11 is 0. The molecule has 5 nitrogen and oxygen atoms in total. The molecule has 4 N–H and O–H groups in total. The third kappa shape index (κ3) is 5.90. The van der Waals surface area contributed by atoms with E-state index in [0.29, 0.717) is 18.5 Å². The summed E-state index contributed by atoms with van der Waals surface area (Å²) in [5.74, 6) is -1.09. The first-order valence-electron chi connectivity index (χ1n) is 6.16. The summed E-state index contributed by atoms with van der Waals surface area (Å²) < 4.78 is 0. The highest BCUT2D eigenvalue weighted by Crippen LogP contribution is 2.11. The van der Waals surface area contributed by atoms with Crippen LogP contribution >= 0.6 is 0 Å². The number of hydrogen-bond donors (Lipinski definition) is 3. The van der Waals surface area contributed by atoms with Crippen molar-refractivity contribution in [2.75, 3.05) is 5.73 Å². The van der Waals surface area contributed by atoms with Crippen LogP contribution in [0.2, 0.25) is 0 Å². The normalized spacial score (nSPS) is 11.1. The van der Waals surface area contributed by atoms with Crippen LogP contribution in [-0.4, -0.2) is 22.5 Å². The molecule has 0 aromatic heterocycles. The molecule has 0 atom stereocenters. The average Bonchev–Trinajstić information content (AvgIpc) is 2.24. The Bertz CT molecular complexity index is 470. The maximum atomic E-state index is 11.8. The Kier molecular flexibility index (Phi) is 4.92. The van der Waals surface area contributed by atoms with Gasteiger partial charge in [-0.05, 0) is 38.0 Å². The van der Waals surface area contributed by atoms with Gasteiger partial charge in [-0.1, -0.05) is 12.1 Å². The van der Waals surface area contributed by atoms with Crippen molar-refractivity contribution in [1.82, 2.24) is 5.32 Å². The fraction of sp³-hybridized carbons (Fsp3) is 0.429. The van der Waals surface area contributed by atoms with Crippen LogP contribution in [0.15, 0.2) is 24.3 Å². The molecular weight excluding hydrogens is 244 g/mol. The Hall–Kier alpha value is -2.04. The largest absolute Gasteiger partial charge is 0.481 e. The van der Waals surface area contributed by atoms with Gasteiger partial charge in [0.05, 0.1) is 6.42 Å². The number of anilines is 1. The number of nitrogens with one attached hydrogen (secondary N) is 1. The van der Waals surface area contributed by atoms with E-state index in [-0.39, 0.29) is 12.3 Å². The third-order valence-electron chi connectivity index (χ3n) is 2.66. The Balaban J connectivity index is 2.46. The van der Waals surface area contributed by atoms with Crippen molar-refractivity contribution in [3.05, 3.63) is 29.8 Å². The lowest BCUT2D eigenvalue weighted by molar-refractivity contribution is -0.138. The summed E-state index contributed by atoms with van der Waals surface area (Å²) in [4.78, 5) is 22.4. The summed E-state index contributed by atoms with van der Waals surface area (Å²) in [6, 6.07) is 7.37. The Morgan fingerprint density at radius 2 is 2.05 bits per heavy atom. The highest BCUT2D eigenvalue weighted by atomic mass is 16.4. The van der Waals surface area contributed by atoms with Crippen molar-refractivity contribution in [3.8, 4) is 0 Å². The van der Waals surface area contributed by atoms with Gasteiger partial charge in [-0.15, -0.1) is 0 Å². The van der Waals surface area contributed by atoms with Crippen LogP contribution in [0.4, 0.5) is 5.69 Å². The summed E-state index contributed by atoms with van der Waals surface area (Å²) in [5.41, 5.74) is 6.58. The van der Waals surface area contributed by atoms with Gasteiger partial charge in [-0.2, -0.15) is 0 Å². The lowest BCUT2D eigenvalue weighted by atomic mass is 10.00. The molecule has 1 aromatic carbocycles. The maximum Gasteiger partial charge on any atom is 0.305 e. The number of carboxylic acid groups (broad SMARTS) is 1. The second-order valence-corrected chi connectivity index (χ2v) is 5.25. The second-order valence-electron chi connectivity index (χ2n) is 5.25. The fourth-order valence-electron chi connectivity index (χ4n) is 1.87. The Morgan fingerprint density at radius 3 is 2.63 bits per heavy atom. The molecule has 0 bridgehead atoms. The molecule has 0 saturated carbocycles. The summed E-state index contributed by atoms with van der Waals surface area (Å²) in [6.45, 7) is 3.39. The number of carbonyl (C=O) groups is 2. The minimum Gasteiger partial charge on any atom is -0.481 e. The number of rotatable bonds is 6. The highest BCUT2D eigenvalue weighted by Gasteiger charge is 2.23. The van der Waals surface area contributed by atoms with E-state index in [0.717, 1.165) is 5.56 Å². The molecule has 0 aliphatic carbocycles. The number of carboxylic acids is 1. The van der Waals surface area contributed by atoms with Crippen molar-refractivity contribution in [2.45, 2.75) is 38.6 Å². The lowest BCUT2D eigenvalue weighted by Gasteiger charge is -2.24. The van der Waals surface area contributed by atoms with Crippen LogP contribution < -0.4 is 11.1 Å². The summed E-state index contributed by atoms with van der Waals surface area (Å²) in [7, 11) is 0. The van der Waals surface area contributed by atoms with E-state index in [1.54, 1.807) is 19.9 Å². The standard InChI is InChI=1S/C14H20N2O3/c1-14(2,9-13(18)19)16-12(17)7-6-10-4-3-5-11(15)8-10/h3-5,8H,6-7,9,15H2,1-2H3,(H,16,17)(H,18,19). The van der Waals surface area contributed by atoms with Gasteiger partial charge >= 0.3 is 5.97 Å². The average molecular weight is 264 g/mol. The van der Waals surface area contributed by atoms with Crippen LogP contribution in [0.3, 0.4) is 0 Å². The lowest BCUT2D eigenvalue weighted by Crippen LogP contribution is -2.45. The number of hydrogen-bond acceptors (Lipinski definition) is 3. The Morgan fingerprint density at radius 1 is 1.37 bits per heavy atom. The van der Waals surface area contributed by atoms with Gasteiger partial charge < -0.3 is 16.2 Å². The van der Waals surface area contributed by atoms with Crippen molar-refractivity contribution in [3.63, 3.8) is 0 Å². The van der Waals surface area contributed by atoms with Crippen LogP contribution in [-0.2, 0) is 16.0 Å². The first-order chi connectivity index (χ1) is 8.78. The van der Waals surface area contributed by atoms with E-state index >= 15 is 0 Å². The first-order valence-corrected chi connectivity index (χ1v) is 6.16. The molecule has 0 spiro atoms. The molecule has 19 heavy (non-hydrogen) atoms. The van der Waals surface area contributed by atoms with Crippen molar-refractivity contribution in [2.24, 2.45) is 0 Å². The topological polar surface area (TPSA) is 92.4 Å². The summed E-state index contributed by atoms with van der Waals surface area (Å²) in [5, 5.41) is 11.5. The number of amides is 1. The SMILES string of the molecule is CC(C)(CC(=O)O)NC(=O)CCc1cccc(N)c1. The fourth-order valence-corrected chi connectivity index (χ4v) is 1.87. The van der Waals surface area contributed by atoms with Crippen LogP contribution in [0.1, 0.15) is 32.3 Å². The number of nitrogen functional groups attached to an aromatic ring is 1. The van der Waals surface area contributed by atoms with Crippen LogP contribution in [0, 0.1) is 0 Å². The zero-order chi connectivity index (χ0) is 14.5. The van der Waals surface area contributed by atoms with Crippen molar-refractivity contribution >= 4 is 17.6 Å². The number of aryl methyl sites for hydroxylation is 1. The molecule has 0 aliphatic heterocycles. The molecule has 0 fully saturated rings. The molecule has 0 heterocycles. The number of nitrogens with two attached hydrogens (primary N) is 1. The monoisotopic (exact) mass is 264 g/mol. The highest BCUT2D eigenvalue weighted by molar-refractivity contribution is 5.78. The third-order valence-corrected chi connectivity index (χ3v) is 2.66. The molecule has 1 aromatic rings. The van der Waals surface area contributed by atoms with Gasteiger partial charge in [0.25, 0.3) is 0 Å². The van der Waals surface area contributed by atoms with Crippen molar-refractivity contribution < 1.29 is 14.7 Å². The van der Waals surface area contributed by atoms with Gasteiger partial charge in [0.15, 0.2) is 0 Å². The first kappa shape index (κ1) is 15.0. The zero-order valence-corrected chi connectivity index (χ0v) is 11.3. The van der Waals surface area contributed by atoms with Crippen LogP contribution in [0.25, 0.3) is 0 Å². The molecule has 1 amide bonds. The quantitative estimate of drug-likeness (QED) is 0.680. The Labute approximate surface area is 112 Å². The van der Waals surface area contributed by atoms with E-state index in [1.165, 1.54) is 0 Å². The van der Waals surface area contributed by atoms with Gasteiger partial charge in [0, 0.05) is 17.6 Å². The second kappa shape index (κ2) is 6.22. The van der Waals surface area contributed by atoms with E-state index in [9.17, 15) is 9.59 Å². The molecule has 5 heteroatoms. The van der Waals surface area contributed by atoms with Gasteiger partial charge in [-0.25, -0.2) is 0 Å². The predicted molar refractivity (Wildman–Crippen MR) is 73.6 cm³/mol. The smallest absolute Gasteiger partial charge is 0.305 e. The minimum atomic E-state index is -0.930. The molecular formula is C14H20N2O3. The number of aliphatic carboxylic acids is 1. The molecule has 0 unspecified atom stereocenters. The zero-order valence-electron chi connectivity index (χ0n) is 11.3. The van der Waals surface area contributed by atoms with E-state index < -0.39 is 11.5 Å². The van der Waals surface area contributed by atoms with E-state index in [1.807, 2.05) is 18.2 Å². The molecule has 0 radical (unpaired) electrons. The minimum absolute atomic E-state index is 0.100. The number of carbonyl (C=O) groups excluding carboxylic acids is 1. The molecule has 0 aliphatic rings. The van der Waals surface area contributed by atoms with Gasteiger partial charge in [-0.3, -0.25) is 9.59 Å². The van der Waals surface area contributed by atoms with E-state index in [2.05, 4.69) is 5.32 Å². The van der Waals surface area contributed by atoms with E-state index in [4.69, 9.17) is 10.8 Å². The van der Waals surface area contributed by atoms with Crippen molar-refractivity contribution in [1.29, 1.82) is 0 Å². The molecule has 1 rings (SSSR count).